The van der Waals surface area contributed by atoms with Crippen molar-refractivity contribution < 1.29 is 22.7 Å². The van der Waals surface area contributed by atoms with Crippen molar-refractivity contribution in [3.05, 3.63) is 106 Å². The number of ether oxygens (including phenoxy) is 1. The SMILES string of the molecule is COC(=O)c1ccc(N(C)S(=O)(=O)c2cc(C(=O)NCc3ccc(CN4CCCCC4)cc3)sc2-c2ccc(C#N)cc2)cc1. The number of nitriles is 1. The normalized spacial score (nSPS) is 13.5. The highest BCUT2D eigenvalue weighted by Gasteiger charge is 2.29. The van der Waals surface area contributed by atoms with Gasteiger partial charge in [0, 0.05) is 20.1 Å². The van der Waals surface area contributed by atoms with Gasteiger partial charge >= 0.3 is 5.97 Å². The second-order valence-electron chi connectivity index (χ2n) is 10.8. The van der Waals surface area contributed by atoms with E-state index < -0.39 is 16.0 Å². The molecule has 4 aromatic rings. The number of carbonyl (C=O) groups excluding carboxylic acids is 2. The Morgan fingerprint density at radius 3 is 2.22 bits per heavy atom. The number of sulfonamides is 1. The average molecular weight is 643 g/mol. The van der Waals surface area contributed by atoms with Crippen LogP contribution in [-0.4, -0.2) is 52.4 Å². The number of amides is 1. The number of piperidine rings is 1. The van der Waals surface area contributed by atoms with Crippen LogP contribution >= 0.6 is 11.3 Å². The third kappa shape index (κ3) is 7.42. The lowest BCUT2D eigenvalue weighted by Gasteiger charge is -2.26. The molecular formula is C34H34N4O5S2. The zero-order chi connectivity index (χ0) is 32.0. The molecule has 0 bridgehead atoms. The Morgan fingerprint density at radius 1 is 0.956 bits per heavy atom. The van der Waals surface area contributed by atoms with E-state index in [2.05, 4.69) is 28.4 Å². The molecule has 232 valence electrons. The summed E-state index contributed by atoms with van der Waals surface area (Å²) in [6.07, 6.45) is 3.77. The number of benzene rings is 3. The van der Waals surface area contributed by atoms with Crippen molar-refractivity contribution in [2.45, 2.75) is 37.2 Å². The molecular weight excluding hydrogens is 609 g/mol. The third-order valence-corrected chi connectivity index (χ3v) is 10.9. The van der Waals surface area contributed by atoms with Crippen molar-refractivity contribution in [2.75, 3.05) is 31.6 Å². The summed E-state index contributed by atoms with van der Waals surface area (Å²) in [6.45, 7) is 3.46. The fourth-order valence-electron chi connectivity index (χ4n) is 5.19. The molecule has 1 aromatic heterocycles. The lowest BCUT2D eigenvalue weighted by Crippen LogP contribution is -2.29. The van der Waals surface area contributed by atoms with Crippen LogP contribution in [0.2, 0.25) is 0 Å². The molecule has 1 N–H and O–H groups in total. The van der Waals surface area contributed by atoms with Gasteiger partial charge in [-0.25, -0.2) is 13.2 Å². The standard InChI is InChI=1S/C34H34N4O5S2/c1-37(29-16-14-28(15-17-29)34(40)43-2)45(41,42)31-20-30(44-32(31)27-12-10-24(21-35)11-13-27)33(39)36-22-25-6-8-26(9-7-25)23-38-18-4-3-5-19-38/h6-17,20H,3-5,18-19,22-23H2,1-2H3,(H,36,39). The minimum atomic E-state index is -4.14. The number of rotatable bonds is 10. The van der Waals surface area contributed by atoms with E-state index in [4.69, 9.17) is 4.74 Å². The molecule has 3 aromatic carbocycles. The number of likely N-dealkylation sites (tertiary alicyclic amines) is 1. The van der Waals surface area contributed by atoms with Crippen LogP contribution in [-0.2, 0) is 27.8 Å². The van der Waals surface area contributed by atoms with Gasteiger partial charge in [0.15, 0.2) is 0 Å². The molecule has 0 atom stereocenters. The summed E-state index contributed by atoms with van der Waals surface area (Å²) in [5.41, 5.74) is 3.79. The Labute approximate surface area is 267 Å². The predicted molar refractivity (Wildman–Crippen MR) is 175 cm³/mol. The monoisotopic (exact) mass is 642 g/mol. The van der Waals surface area contributed by atoms with Crippen LogP contribution < -0.4 is 9.62 Å². The predicted octanol–water partition coefficient (Wildman–Crippen LogP) is 5.81. The Kier molecular flexibility index (Phi) is 9.98. The van der Waals surface area contributed by atoms with E-state index in [0.717, 1.165) is 40.8 Å². The number of hydrogen-bond acceptors (Lipinski definition) is 8. The second kappa shape index (κ2) is 14.1. The van der Waals surface area contributed by atoms with Crippen molar-refractivity contribution >= 4 is 38.9 Å². The van der Waals surface area contributed by atoms with Gasteiger partial charge in [0.1, 0.15) is 4.90 Å². The summed E-state index contributed by atoms with van der Waals surface area (Å²) in [5, 5.41) is 12.2. The first-order valence-corrected chi connectivity index (χ1v) is 16.9. The average Bonchev–Trinajstić information content (AvgIpc) is 3.54. The zero-order valence-corrected chi connectivity index (χ0v) is 26.8. The Hall–Kier alpha value is -4.50. The summed E-state index contributed by atoms with van der Waals surface area (Å²) in [6, 6.07) is 24.2. The molecule has 1 saturated heterocycles. The number of thiophene rings is 1. The summed E-state index contributed by atoms with van der Waals surface area (Å²) in [7, 11) is -1.46. The van der Waals surface area contributed by atoms with Crippen molar-refractivity contribution in [1.82, 2.24) is 10.2 Å². The molecule has 45 heavy (non-hydrogen) atoms. The largest absolute Gasteiger partial charge is 0.465 e. The minimum absolute atomic E-state index is 0.0380. The Morgan fingerprint density at radius 2 is 1.60 bits per heavy atom. The van der Waals surface area contributed by atoms with E-state index in [1.807, 2.05) is 12.1 Å². The minimum Gasteiger partial charge on any atom is -0.465 e. The molecule has 1 amide bonds. The maximum Gasteiger partial charge on any atom is 0.337 e. The second-order valence-corrected chi connectivity index (χ2v) is 13.8. The number of hydrogen-bond donors (Lipinski definition) is 1. The molecule has 1 aliphatic rings. The van der Waals surface area contributed by atoms with Crippen LogP contribution in [0.1, 0.15) is 56.0 Å². The lowest BCUT2D eigenvalue weighted by atomic mass is 10.1. The van der Waals surface area contributed by atoms with Gasteiger partial charge in [-0.3, -0.25) is 14.0 Å². The highest BCUT2D eigenvalue weighted by Crippen LogP contribution is 2.38. The molecule has 0 unspecified atom stereocenters. The molecule has 1 fully saturated rings. The highest BCUT2D eigenvalue weighted by atomic mass is 32.2. The van der Waals surface area contributed by atoms with Crippen molar-refractivity contribution in [3.63, 3.8) is 0 Å². The van der Waals surface area contributed by atoms with Crippen LogP contribution in [0.4, 0.5) is 5.69 Å². The van der Waals surface area contributed by atoms with Gasteiger partial charge in [-0.1, -0.05) is 42.8 Å². The summed E-state index contributed by atoms with van der Waals surface area (Å²) >= 11 is 1.07. The van der Waals surface area contributed by atoms with E-state index >= 15 is 0 Å². The number of esters is 1. The van der Waals surface area contributed by atoms with Gasteiger partial charge < -0.3 is 10.1 Å². The van der Waals surface area contributed by atoms with Crippen molar-refractivity contribution in [2.24, 2.45) is 0 Å². The van der Waals surface area contributed by atoms with Gasteiger partial charge in [-0.2, -0.15) is 5.26 Å². The highest BCUT2D eigenvalue weighted by molar-refractivity contribution is 7.93. The number of methoxy groups -OCH3 is 1. The molecule has 0 radical (unpaired) electrons. The van der Waals surface area contributed by atoms with Gasteiger partial charge in [0.05, 0.1) is 39.7 Å². The number of carbonyl (C=O) groups is 2. The first-order valence-electron chi connectivity index (χ1n) is 14.6. The Bertz CT molecular complexity index is 1800. The molecule has 0 saturated carbocycles. The summed E-state index contributed by atoms with van der Waals surface area (Å²) < 4.78 is 33.8. The van der Waals surface area contributed by atoms with Crippen LogP contribution in [0, 0.1) is 11.3 Å². The smallest absolute Gasteiger partial charge is 0.337 e. The van der Waals surface area contributed by atoms with Gasteiger partial charge in [-0.15, -0.1) is 11.3 Å². The van der Waals surface area contributed by atoms with Gasteiger partial charge in [0.2, 0.25) is 0 Å². The van der Waals surface area contributed by atoms with Crippen LogP contribution in [0.25, 0.3) is 10.4 Å². The van der Waals surface area contributed by atoms with Gasteiger partial charge in [-0.05, 0) is 85.1 Å². The quantitative estimate of drug-likeness (QED) is 0.217. The summed E-state index contributed by atoms with van der Waals surface area (Å²) in [5.74, 6) is -0.920. The van der Waals surface area contributed by atoms with Crippen molar-refractivity contribution in [3.8, 4) is 16.5 Å². The third-order valence-electron chi connectivity index (χ3n) is 7.82. The molecule has 1 aliphatic heterocycles. The maximum absolute atomic E-state index is 14.0. The number of anilines is 1. The number of nitrogens with zero attached hydrogens (tertiary/aromatic N) is 3. The zero-order valence-electron chi connectivity index (χ0n) is 25.2. The maximum atomic E-state index is 14.0. The molecule has 5 rings (SSSR count). The van der Waals surface area contributed by atoms with E-state index in [1.54, 1.807) is 24.3 Å². The first kappa shape index (κ1) is 31.9. The molecule has 11 heteroatoms. The van der Waals surface area contributed by atoms with E-state index in [-0.39, 0.29) is 21.2 Å². The van der Waals surface area contributed by atoms with Gasteiger partial charge in [0.25, 0.3) is 15.9 Å². The molecule has 0 aliphatic carbocycles. The van der Waals surface area contributed by atoms with Crippen molar-refractivity contribution in [1.29, 1.82) is 5.26 Å². The fraction of sp³-hybridized carbons (Fsp3) is 0.265. The van der Waals surface area contributed by atoms with E-state index in [0.29, 0.717) is 28.2 Å². The topological polar surface area (TPSA) is 120 Å². The molecule has 2 heterocycles. The van der Waals surface area contributed by atoms with E-state index in [9.17, 15) is 23.3 Å². The number of nitrogens with one attached hydrogen (secondary N) is 1. The molecule has 0 spiro atoms. The fourth-order valence-corrected chi connectivity index (χ4v) is 8.00. The molecule has 9 nitrogen and oxygen atoms in total. The van der Waals surface area contributed by atoms with E-state index in [1.165, 1.54) is 69.3 Å². The lowest BCUT2D eigenvalue weighted by molar-refractivity contribution is 0.0600. The van der Waals surface area contributed by atoms with Crippen LogP contribution in [0.15, 0.2) is 83.8 Å². The van der Waals surface area contributed by atoms with Crippen LogP contribution in [0.5, 0.6) is 0 Å². The first-order chi connectivity index (χ1) is 21.7. The summed E-state index contributed by atoms with van der Waals surface area (Å²) in [4.78, 5) is 28.2. The van der Waals surface area contributed by atoms with Crippen LogP contribution in [0.3, 0.4) is 0 Å². The Balaban J connectivity index is 1.37.